The third-order valence-corrected chi connectivity index (χ3v) is 5.66. The van der Waals surface area contributed by atoms with Crippen molar-refractivity contribution in [3.05, 3.63) is 70.8 Å². The maximum absolute atomic E-state index is 11.9. The summed E-state index contributed by atoms with van der Waals surface area (Å²) in [6, 6.07) is 13.2. The smallest absolute Gasteiger partial charge is 0.339 e. The molecule has 0 saturated heterocycles. The van der Waals surface area contributed by atoms with Crippen molar-refractivity contribution in [1.29, 1.82) is 0 Å². The second-order valence-electron chi connectivity index (χ2n) is 9.05. The Balaban J connectivity index is 0.000000756. The van der Waals surface area contributed by atoms with E-state index in [-0.39, 0.29) is 22.3 Å². The lowest BCUT2D eigenvalue weighted by Crippen LogP contribution is -2.14. The summed E-state index contributed by atoms with van der Waals surface area (Å²) < 4.78 is 20.6. The first-order chi connectivity index (χ1) is 20.4. The largest absolute Gasteiger partial charge is 0.462 e. The van der Waals surface area contributed by atoms with Gasteiger partial charge in [0, 0.05) is 0 Å². The lowest BCUT2D eigenvalue weighted by atomic mass is 10.1. The lowest BCUT2D eigenvalue weighted by Gasteiger charge is -2.09. The van der Waals surface area contributed by atoms with Crippen LogP contribution in [0.25, 0.3) is 0 Å². The highest BCUT2D eigenvalue weighted by atomic mass is 17.0. The standard InChI is InChI=1S/2C16H22O4.H2O2/c2*1-3-5-11-19-15(17)13-9-7-8-10-14(13)16(18)20-12-6-4-2;1-2/h2*7-10H,3-6,11-12H2,1-2H3;1-2H. The van der Waals surface area contributed by atoms with Crippen LogP contribution in [0, 0.1) is 0 Å². The summed E-state index contributed by atoms with van der Waals surface area (Å²) in [6.07, 6.45) is 7.07. The van der Waals surface area contributed by atoms with E-state index in [4.69, 9.17) is 29.5 Å². The van der Waals surface area contributed by atoms with Gasteiger partial charge in [0.15, 0.2) is 0 Å². The zero-order valence-corrected chi connectivity index (χ0v) is 25.3. The highest BCUT2D eigenvalue weighted by Gasteiger charge is 2.19. The Morgan fingerprint density at radius 1 is 0.452 bits per heavy atom. The molecule has 0 unspecified atom stereocenters. The summed E-state index contributed by atoms with van der Waals surface area (Å²) in [7, 11) is 0. The van der Waals surface area contributed by atoms with Crippen LogP contribution in [0.5, 0.6) is 0 Å². The van der Waals surface area contributed by atoms with E-state index < -0.39 is 23.9 Å². The number of benzene rings is 2. The van der Waals surface area contributed by atoms with Crippen LogP contribution in [0.2, 0.25) is 0 Å². The molecule has 2 N–H and O–H groups in total. The molecule has 0 aromatic heterocycles. The predicted octanol–water partition coefficient (Wildman–Crippen LogP) is 7.22. The van der Waals surface area contributed by atoms with Gasteiger partial charge in [0.05, 0.1) is 48.7 Å². The minimum absolute atomic E-state index is 0.269. The minimum atomic E-state index is -0.471. The SMILES string of the molecule is CCCCOC(=O)c1ccccc1C(=O)OCCCC.CCCCOC(=O)c1ccccc1C(=O)OCCCC.OO. The third kappa shape index (κ3) is 15.3. The van der Waals surface area contributed by atoms with Crippen molar-refractivity contribution in [3.63, 3.8) is 0 Å². The maximum Gasteiger partial charge on any atom is 0.339 e. The Morgan fingerprint density at radius 3 is 0.810 bits per heavy atom. The van der Waals surface area contributed by atoms with Crippen LogP contribution >= 0.6 is 0 Å². The van der Waals surface area contributed by atoms with Gasteiger partial charge in [0.25, 0.3) is 0 Å². The molecule has 42 heavy (non-hydrogen) atoms. The van der Waals surface area contributed by atoms with Crippen molar-refractivity contribution in [1.82, 2.24) is 0 Å². The van der Waals surface area contributed by atoms with Gasteiger partial charge in [0.2, 0.25) is 0 Å². The van der Waals surface area contributed by atoms with Gasteiger partial charge in [-0.25, -0.2) is 19.2 Å². The molecule has 2 rings (SSSR count). The molecule has 0 heterocycles. The molecular formula is C32H46O10. The number of unbranched alkanes of at least 4 members (excludes halogenated alkanes) is 4. The molecule has 0 aliphatic heterocycles. The Kier molecular flexibility index (Phi) is 22.8. The van der Waals surface area contributed by atoms with Gasteiger partial charge in [0.1, 0.15) is 0 Å². The van der Waals surface area contributed by atoms with Crippen molar-refractivity contribution in [2.75, 3.05) is 26.4 Å². The van der Waals surface area contributed by atoms with E-state index in [0.29, 0.717) is 26.4 Å². The summed E-state index contributed by atoms with van der Waals surface area (Å²) in [5.74, 6) is -1.88. The average Bonchev–Trinajstić information content (AvgIpc) is 3.02. The second-order valence-corrected chi connectivity index (χ2v) is 9.05. The molecule has 234 valence electrons. The molecule has 2 aromatic carbocycles. The van der Waals surface area contributed by atoms with Gasteiger partial charge in [-0.2, -0.15) is 0 Å². The molecule has 0 aliphatic carbocycles. The van der Waals surface area contributed by atoms with E-state index in [1.165, 1.54) is 0 Å². The second kappa shape index (κ2) is 25.0. The van der Waals surface area contributed by atoms with Gasteiger partial charge < -0.3 is 18.9 Å². The molecule has 0 spiro atoms. The summed E-state index contributed by atoms with van der Waals surface area (Å²) in [4.78, 5) is 47.8. The molecule has 0 aliphatic rings. The van der Waals surface area contributed by atoms with Crippen molar-refractivity contribution in [2.24, 2.45) is 0 Å². The number of rotatable bonds is 16. The van der Waals surface area contributed by atoms with Crippen molar-refractivity contribution in [2.45, 2.75) is 79.1 Å². The first-order valence-corrected chi connectivity index (χ1v) is 14.5. The number of esters is 4. The highest BCUT2D eigenvalue weighted by Crippen LogP contribution is 2.14. The number of hydrogen-bond donors (Lipinski definition) is 2. The monoisotopic (exact) mass is 590 g/mol. The fourth-order valence-corrected chi connectivity index (χ4v) is 3.23. The van der Waals surface area contributed by atoms with E-state index in [1.807, 2.05) is 27.7 Å². The summed E-state index contributed by atoms with van der Waals surface area (Å²) >= 11 is 0. The summed E-state index contributed by atoms with van der Waals surface area (Å²) in [5.41, 5.74) is 1.07. The topological polar surface area (TPSA) is 146 Å². The van der Waals surface area contributed by atoms with Gasteiger partial charge in [-0.1, -0.05) is 77.6 Å². The molecule has 0 amide bonds. The van der Waals surface area contributed by atoms with E-state index in [1.54, 1.807) is 48.5 Å². The van der Waals surface area contributed by atoms with Gasteiger partial charge in [-0.3, -0.25) is 10.5 Å². The van der Waals surface area contributed by atoms with E-state index in [9.17, 15) is 19.2 Å². The van der Waals surface area contributed by atoms with E-state index in [2.05, 4.69) is 0 Å². The number of carbonyl (C=O) groups is 4. The fourth-order valence-electron chi connectivity index (χ4n) is 3.23. The van der Waals surface area contributed by atoms with E-state index in [0.717, 1.165) is 51.4 Å². The quantitative estimate of drug-likeness (QED) is 0.0675. The summed E-state index contributed by atoms with van der Waals surface area (Å²) in [5, 5.41) is 12.0. The van der Waals surface area contributed by atoms with Gasteiger partial charge >= 0.3 is 23.9 Å². The molecular weight excluding hydrogens is 544 g/mol. The number of carbonyl (C=O) groups excluding carboxylic acids is 4. The van der Waals surface area contributed by atoms with Crippen LogP contribution in [-0.2, 0) is 18.9 Å². The fraction of sp³-hybridized carbons (Fsp3) is 0.500. The summed E-state index contributed by atoms with van der Waals surface area (Å²) in [6.45, 7) is 9.56. The molecule has 10 nitrogen and oxygen atoms in total. The Labute approximate surface area is 248 Å². The van der Waals surface area contributed by atoms with Gasteiger partial charge in [-0.15, -0.1) is 0 Å². The molecule has 2 aromatic rings. The predicted molar refractivity (Wildman–Crippen MR) is 159 cm³/mol. The Morgan fingerprint density at radius 2 is 0.643 bits per heavy atom. The third-order valence-electron chi connectivity index (χ3n) is 5.66. The molecule has 0 radical (unpaired) electrons. The molecule has 0 bridgehead atoms. The first-order valence-electron chi connectivity index (χ1n) is 14.5. The lowest BCUT2D eigenvalue weighted by molar-refractivity contribution is -0.176. The Hall–Kier alpha value is -3.76. The molecule has 0 atom stereocenters. The van der Waals surface area contributed by atoms with Crippen molar-refractivity contribution in [3.8, 4) is 0 Å². The molecule has 0 saturated carbocycles. The van der Waals surface area contributed by atoms with Crippen LogP contribution in [0.4, 0.5) is 0 Å². The van der Waals surface area contributed by atoms with Crippen LogP contribution < -0.4 is 0 Å². The average molecular weight is 591 g/mol. The Bertz CT molecular complexity index is 886. The number of hydrogen-bond acceptors (Lipinski definition) is 10. The zero-order valence-electron chi connectivity index (χ0n) is 25.3. The van der Waals surface area contributed by atoms with Crippen LogP contribution in [-0.4, -0.2) is 60.8 Å². The van der Waals surface area contributed by atoms with Crippen LogP contribution in [0.15, 0.2) is 48.5 Å². The maximum atomic E-state index is 11.9. The van der Waals surface area contributed by atoms with E-state index >= 15 is 0 Å². The first kappa shape index (κ1) is 38.2. The minimum Gasteiger partial charge on any atom is -0.462 e. The highest BCUT2D eigenvalue weighted by molar-refractivity contribution is 6.03. The molecule has 0 fully saturated rings. The number of ether oxygens (including phenoxy) is 4. The normalized spacial score (nSPS) is 9.76. The van der Waals surface area contributed by atoms with Crippen molar-refractivity contribution < 1.29 is 48.6 Å². The van der Waals surface area contributed by atoms with Crippen LogP contribution in [0.1, 0.15) is 120 Å². The van der Waals surface area contributed by atoms with Gasteiger partial charge in [-0.05, 0) is 49.9 Å². The zero-order chi connectivity index (χ0) is 31.6. The van der Waals surface area contributed by atoms with Crippen molar-refractivity contribution >= 4 is 23.9 Å². The molecule has 10 heteroatoms. The van der Waals surface area contributed by atoms with Crippen LogP contribution in [0.3, 0.4) is 0 Å².